The molecule has 0 spiro atoms. The van der Waals surface area contributed by atoms with Crippen LogP contribution in [0, 0.1) is 0 Å². The first kappa shape index (κ1) is 12.9. The first-order valence-corrected chi connectivity index (χ1v) is 5.46. The van der Waals surface area contributed by atoms with Gasteiger partial charge in [-0.05, 0) is 26.2 Å². The minimum Gasteiger partial charge on any atom is -0.350 e. The summed E-state index contributed by atoms with van der Waals surface area (Å²) in [4.78, 5) is 0. The number of unbranched alkanes of at least 4 members (excludes halogenated alkanes) is 1. The van der Waals surface area contributed by atoms with Gasteiger partial charge in [0.15, 0.2) is 5.79 Å². The van der Waals surface area contributed by atoms with E-state index in [2.05, 4.69) is 20.8 Å². The topological polar surface area (TPSA) is 18.5 Å². The van der Waals surface area contributed by atoms with Crippen LogP contribution in [0.3, 0.4) is 0 Å². The summed E-state index contributed by atoms with van der Waals surface area (Å²) >= 11 is 0. The van der Waals surface area contributed by atoms with Crippen LogP contribution in [0.5, 0.6) is 0 Å². The van der Waals surface area contributed by atoms with Crippen molar-refractivity contribution in [2.45, 2.75) is 59.2 Å². The van der Waals surface area contributed by atoms with Gasteiger partial charge in [-0.2, -0.15) is 0 Å². The van der Waals surface area contributed by atoms with Gasteiger partial charge < -0.3 is 9.47 Å². The molecule has 0 aliphatic rings. The summed E-state index contributed by atoms with van der Waals surface area (Å²) in [6.45, 7) is 10.0. The minimum atomic E-state index is -0.356. The Morgan fingerprint density at radius 3 is 2.00 bits per heavy atom. The second-order valence-electron chi connectivity index (χ2n) is 3.54. The van der Waals surface area contributed by atoms with E-state index in [4.69, 9.17) is 9.47 Å². The minimum absolute atomic E-state index is 0.356. The molecule has 0 aromatic rings. The van der Waals surface area contributed by atoms with E-state index in [9.17, 15) is 0 Å². The summed E-state index contributed by atoms with van der Waals surface area (Å²) in [5.74, 6) is -0.356. The molecule has 0 aromatic carbocycles. The Balaban J connectivity index is 3.67. The maximum absolute atomic E-state index is 5.70. The van der Waals surface area contributed by atoms with E-state index >= 15 is 0 Å². The van der Waals surface area contributed by atoms with Gasteiger partial charge in [-0.1, -0.05) is 27.2 Å². The number of rotatable bonds is 8. The van der Waals surface area contributed by atoms with E-state index in [1.165, 1.54) is 6.42 Å². The van der Waals surface area contributed by atoms with Crippen molar-refractivity contribution in [1.29, 1.82) is 0 Å². The van der Waals surface area contributed by atoms with Crippen LogP contribution in [0.4, 0.5) is 0 Å². The van der Waals surface area contributed by atoms with Crippen LogP contribution in [0.1, 0.15) is 53.4 Å². The van der Waals surface area contributed by atoms with Gasteiger partial charge in [0.05, 0.1) is 0 Å². The molecular weight excluding hydrogens is 164 g/mol. The second-order valence-corrected chi connectivity index (χ2v) is 3.54. The van der Waals surface area contributed by atoms with Crippen LogP contribution in [-0.2, 0) is 9.47 Å². The lowest BCUT2D eigenvalue weighted by Gasteiger charge is -2.28. The molecule has 0 heterocycles. The average molecular weight is 188 g/mol. The highest BCUT2D eigenvalue weighted by Gasteiger charge is 2.22. The quantitative estimate of drug-likeness (QED) is 0.429. The van der Waals surface area contributed by atoms with Gasteiger partial charge in [-0.3, -0.25) is 0 Å². The Morgan fingerprint density at radius 2 is 1.54 bits per heavy atom. The molecule has 2 heteroatoms. The van der Waals surface area contributed by atoms with Crippen molar-refractivity contribution in [2.75, 3.05) is 13.2 Å². The van der Waals surface area contributed by atoms with E-state index in [1.54, 1.807) is 0 Å². The zero-order valence-corrected chi connectivity index (χ0v) is 9.56. The molecule has 0 N–H and O–H groups in total. The third-order valence-electron chi connectivity index (χ3n) is 2.16. The van der Waals surface area contributed by atoms with Crippen LogP contribution in [0.15, 0.2) is 0 Å². The Labute approximate surface area is 82.6 Å². The van der Waals surface area contributed by atoms with E-state index < -0.39 is 0 Å². The molecule has 2 nitrogen and oxygen atoms in total. The van der Waals surface area contributed by atoms with Crippen molar-refractivity contribution < 1.29 is 9.47 Å². The number of ether oxygens (including phenoxy) is 2. The SMILES string of the molecule is CCCCOC(C)(CC)OCCC. The summed E-state index contributed by atoms with van der Waals surface area (Å²) in [6, 6.07) is 0. The van der Waals surface area contributed by atoms with E-state index in [0.29, 0.717) is 0 Å². The Bertz CT molecular complexity index is 115. The predicted molar refractivity (Wildman–Crippen MR) is 55.8 cm³/mol. The molecule has 0 saturated carbocycles. The molecule has 0 aliphatic heterocycles. The van der Waals surface area contributed by atoms with Crippen molar-refractivity contribution in [2.24, 2.45) is 0 Å². The van der Waals surface area contributed by atoms with E-state index in [-0.39, 0.29) is 5.79 Å². The normalized spacial score (nSPS) is 15.7. The Kier molecular flexibility index (Phi) is 7.29. The van der Waals surface area contributed by atoms with Gasteiger partial charge in [0.2, 0.25) is 0 Å². The fourth-order valence-electron chi connectivity index (χ4n) is 0.996. The molecule has 0 saturated heterocycles. The van der Waals surface area contributed by atoms with Crippen molar-refractivity contribution in [3.63, 3.8) is 0 Å². The zero-order chi connectivity index (χ0) is 10.2. The van der Waals surface area contributed by atoms with Gasteiger partial charge in [0.1, 0.15) is 0 Å². The fourth-order valence-corrected chi connectivity index (χ4v) is 0.996. The highest BCUT2D eigenvalue weighted by atomic mass is 16.7. The van der Waals surface area contributed by atoms with Crippen LogP contribution >= 0.6 is 0 Å². The maximum Gasteiger partial charge on any atom is 0.165 e. The van der Waals surface area contributed by atoms with Gasteiger partial charge in [0.25, 0.3) is 0 Å². The molecule has 1 atom stereocenters. The van der Waals surface area contributed by atoms with Gasteiger partial charge in [-0.25, -0.2) is 0 Å². The summed E-state index contributed by atoms with van der Waals surface area (Å²) in [5.41, 5.74) is 0. The lowest BCUT2D eigenvalue weighted by Crippen LogP contribution is -2.32. The van der Waals surface area contributed by atoms with Crippen LogP contribution in [-0.4, -0.2) is 19.0 Å². The van der Waals surface area contributed by atoms with Crippen LogP contribution in [0.25, 0.3) is 0 Å². The average Bonchev–Trinajstić information content (AvgIpc) is 2.15. The number of hydrogen-bond donors (Lipinski definition) is 0. The van der Waals surface area contributed by atoms with Gasteiger partial charge >= 0.3 is 0 Å². The standard InChI is InChI=1S/C11H24O2/c1-5-8-10-13-11(4,7-3)12-9-6-2/h5-10H2,1-4H3. The molecule has 0 amide bonds. The van der Waals surface area contributed by atoms with Crippen LogP contribution in [0.2, 0.25) is 0 Å². The van der Waals surface area contributed by atoms with Crippen molar-refractivity contribution in [3.8, 4) is 0 Å². The third-order valence-corrected chi connectivity index (χ3v) is 2.16. The highest BCUT2D eigenvalue weighted by Crippen LogP contribution is 2.17. The first-order chi connectivity index (χ1) is 6.18. The summed E-state index contributed by atoms with van der Waals surface area (Å²) in [7, 11) is 0. The molecule has 0 rings (SSSR count). The zero-order valence-electron chi connectivity index (χ0n) is 9.56. The molecule has 1 unspecified atom stereocenters. The summed E-state index contributed by atoms with van der Waals surface area (Å²) in [6.07, 6.45) is 4.25. The highest BCUT2D eigenvalue weighted by molar-refractivity contribution is 4.59. The van der Waals surface area contributed by atoms with Crippen molar-refractivity contribution >= 4 is 0 Å². The molecular formula is C11H24O2. The summed E-state index contributed by atoms with van der Waals surface area (Å²) < 4.78 is 11.4. The third kappa shape index (κ3) is 6.05. The van der Waals surface area contributed by atoms with E-state index in [0.717, 1.165) is 32.5 Å². The lowest BCUT2D eigenvalue weighted by atomic mass is 10.2. The molecule has 0 bridgehead atoms. The Morgan fingerprint density at radius 1 is 0.923 bits per heavy atom. The van der Waals surface area contributed by atoms with Crippen molar-refractivity contribution in [1.82, 2.24) is 0 Å². The molecule has 0 fully saturated rings. The van der Waals surface area contributed by atoms with E-state index in [1.807, 2.05) is 6.92 Å². The molecule has 13 heavy (non-hydrogen) atoms. The molecule has 80 valence electrons. The first-order valence-electron chi connectivity index (χ1n) is 5.46. The summed E-state index contributed by atoms with van der Waals surface area (Å²) in [5, 5.41) is 0. The Hall–Kier alpha value is -0.0800. The monoisotopic (exact) mass is 188 g/mol. The van der Waals surface area contributed by atoms with Crippen LogP contribution < -0.4 is 0 Å². The van der Waals surface area contributed by atoms with Gasteiger partial charge in [-0.15, -0.1) is 0 Å². The predicted octanol–water partition coefficient (Wildman–Crippen LogP) is 3.36. The number of hydrogen-bond acceptors (Lipinski definition) is 2. The second kappa shape index (κ2) is 7.34. The smallest absolute Gasteiger partial charge is 0.165 e. The lowest BCUT2D eigenvalue weighted by molar-refractivity contribution is -0.227. The van der Waals surface area contributed by atoms with Crippen molar-refractivity contribution in [3.05, 3.63) is 0 Å². The largest absolute Gasteiger partial charge is 0.350 e. The molecule has 0 aromatic heterocycles. The maximum atomic E-state index is 5.70. The molecule has 0 radical (unpaired) electrons. The fraction of sp³-hybridized carbons (Fsp3) is 1.00. The van der Waals surface area contributed by atoms with Gasteiger partial charge in [0, 0.05) is 13.2 Å². The molecule has 0 aliphatic carbocycles.